The topological polar surface area (TPSA) is 33.2 Å². The molecule has 140 valence electrons. The van der Waals surface area contributed by atoms with Crippen LogP contribution in [-0.4, -0.2) is 28.0 Å². The van der Waals surface area contributed by atoms with Gasteiger partial charge in [-0.1, -0.05) is 18.2 Å². The number of hydrogen-bond donors (Lipinski definition) is 0. The minimum Gasteiger partial charge on any atom is -0.335 e. The number of pyridine rings is 1. The summed E-state index contributed by atoms with van der Waals surface area (Å²) in [5, 5.41) is 0. The maximum absolute atomic E-state index is 13.9. The Morgan fingerprint density at radius 2 is 2.15 bits per heavy atom. The number of halogens is 1. The Morgan fingerprint density at radius 1 is 1.23 bits per heavy atom. The van der Waals surface area contributed by atoms with Crippen molar-refractivity contribution in [3.63, 3.8) is 0 Å². The molecule has 1 heterocycles. The van der Waals surface area contributed by atoms with E-state index >= 15 is 0 Å². The third-order valence-corrected chi connectivity index (χ3v) is 6.57. The minimum atomic E-state index is -0.813. The number of nitrogens with zero attached hydrogens (tertiary/aromatic N) is 2. The number of carbonyl (C=O) groups is 1. The number of rotatable bonds is 4. The third kappa shape index (κ3) is 3.84. The van der Waals surface area contributed by atoms with E-state index in [0.29, 0.717) is 31.2 Å². The van der Waals surface area contributed by atoms with Gasteiger partial charge in [0.1, 0.15) is 6.17 Å². The Morgan fingerprint density at radius 3 is 2.92 bits per heavy atom. The number of amides is 1. The first-order valence-electron chi connectivity index (χ1n) is 10.2. The fourth-order valence-electron chi connectivity index (χ4n) is 5.19. The molecule has 1 amide bonds. The van der Waals surface area contributed by atoms with Gasteiger partial charge >= 0.3 is 0 Å². The van der Waals surface area contributed by atoms with Gasteiger partial charge in [-0.25, -0.2) is 4.39 Å². The highest BCUT2D eigenvalue weighted by Gasteiger charge is 2.40. The summed E-state index contributed by atoms with van der Waals surface area (Å²) in [5.41, 5.74) is 1.07. The molecular weight excluding hydrogens is 327 g/mol. The van der Waals surface area contributed by atoms with E-state index in [2.05, 4.69) is 22.0 Å². The zero-order valence-corrected chi connectivity index (χ0v) is 15.4. The van der Waals surface area contributed by atoms with Gasteiger partial charge < -0.3 is 4.90 Å². The predicted octanol–water partition coefficient (Wildman–Crippen LogP) is 4.68. The zero-order valence-electron chi connectivity index (χ0n) is 15.4. The van der Waals surface area contributed by atoms with Crippen molar-refractivity contribution in [3.05, 3.63) is 42.2 Å². The van der Waals surface area contributed by atoms with Crippen molar-refractivity contribution in [1.29, 1.82) is 0 Å². The van der Waals surface area contributed by atoms with Crippen LogP contribution in [0.25, 0.3) is 0 Å². The van der Waals surface area contributed by atoms with Crippen molar-refractivity contribution in [3.8, 4) is 0 Å². The molecule has 0 aromatic carbocycles. The molecule has 0 N–H and O–H groups in total. The number of allylic oxidation sites excluding steroid dienone is 2. The van der Waals surface area contributed by atoms with E-state index in [9.17, 15) is 9.18 Å². The lowest BCUT2D eigenvalue weighted by Crippen LogP contribution is -2.43. The van der Waals surface area contributed by atoms with Crippen molar-refractivity contribution >= 4 is 5.91 Å². The van der Waals surface area contributed by atoms with Crippen LogP contribution >= 0.6 is 0 Å². The molecule has 4 heteroatoms. The van der Waals surface area contributed by atoms with Crippen molar-refractivity contribution < 1.29 is 9.18 Å². The number of hydrogen-bond acceptors (Lipinski definition) is 2. The molecule has 0 saturated heterocycles. The highest BCUT2D eigenvalue weighted by Crippen LogP contribution is 2.42. The second-order valence-electron chi connectivity index (χ2n) is 8.34. The second-order valence-corrected chi connectivity index (χ2v) is 8.34. The predicted molar refractivity (Wildman–Crippen MR) is 100 cm³/mol. The number of alkyl halides is 1. The number of carbonyl (C=O) groups excluding carboxylic acids is 1. The fourth-order valence-corrected chi connectivity index (χ4v) is 5.19. The minimum absolute atomic E-state index is 0.145. The average Bonchev–Trinajstić information content (AvgIpc) is 3.10. The van der Waals surface area contributed by atoms with Crippen LogP contribution in [0, 0.1) is 17.8 Å². The van der Waals surface area contributed by atoms with Crippen molar-refractivity contribution in [1.82, 2.24) is 9.88 Å². The molecule has 5 unspecified atom stereocenters. The van der Waals surface area contributed by atoms with Crippen LogP contribution < -0.4 is 0 Å². The van der Waals surface area contributed by atoms with E-state index in [1.54, 1.807) is 6.20 Å². The smallest absolute Gasteiger partial charge is 0.226 e. The van der Waals surface area contributed by atoms with E-state index in [0.717, 1.165) is 37.7 Å². The normalized spacial score (nSPS) is 33.7. The first-order chi connectivity index (χ1) is 12.7. The lowest BCUT2D eigenvalue weighted by molar-refractivity contribution is -0.140. The molecule has 2 saturated carbocycles. The maximum Gasteiger partial charge on any atom is 0.226 e. The SMILES string of the molecule is O=C(C1CCCC(F)C1)N(Cc1cccnc1)C1CC2C=CCCC2C1. The van der Waals surface area contributed by atoms with Crippen LogP contribution in [0.5, 0.6) is 0 Å². The Bertz CT molecular complexity index is 647. The molecular formula is C22H29FN2O. The fraction of sp³-hybridized carbons (Fsp3) is 0.636. The van der Waals surface area contributed by atoms with Crippen LogP contribution in [0.3, 0.4) is 0 Å². The Labute approximate surface area is 155 Å². The van der Waals surface area contributed by atoms with Crippen molar-refractivity contribution in [2.24, 2.45) is 17.8 Å². The van der Waals surface area contributed by atoms with Gasteiger partial charge in [0, 0.05) is 30.9 Å². The Kier molecular flexibility index (Phi) is 5.37. The molecule has 5 atom stereocenters. The molecule has 0 bridgehead atoms. The lowest BCUT2D eigenvalue weighted by atomic mass is 9.86. The molecule has 3 aliphatic carbocycles. The maximum atomic E-state index is 13.9. The summed E-state index contributed by atoms with van der Waals surface area (Å²) >= 11 is 0. The summed E-state index contributed by atoms with van der Waals surface area (Å²) in [6, 6.07) is 4.24. The van der Waals surface area contributed by atoms with Gasteiger partial charge in [-0.3, -0.25) is 9.78 Å². The van der Waals surface area contributed by atoms with E-state index in [1.807, 2.05) is 18.3 Å². The van der Waals surface area contributed by atoms with Crippen LogP contribution in [0.2, 0.25) is 0 Å². The van der Waals surface area contributed by atoms with Crippen molar-refractivity contribution in [2.45, 2.75) is 70.1 Å². The van der Waals surface area contributed by atoms with Gasteiger partial charge in [0.25, 0.3) is 0 Å². The summed E-state index contributed by atoms with van der Waals surface area (Å²) in [6.07, 6.45) is 14.7. The van der Waals surface area contributed by atoms with Gasteiger partial charge in [0.05, 0.1) is 0 Å². The zero-order chi connectivity index (χ0) is 17.9. The van der Waals surface area contributed by atoms with Gasteiger partial charge in [0.15, 0.2) is 0 Å². The molecule has 1 aromatic heterocycles. The molecule has 26 heavy (non-hydrogen) atoms. The quantitative estimate of drug-likeness (QED) is 0.734. The van der Waals surface area contributed by atoms with Gasteiger partial charge in [-0.2, -0.15) is 0 Å². The van der Waals surface area contributed by atoms with Gasteiger partial charge in [0.2, 0.25) is 5.91 Å². The summed E-state index contributed by atoms with van der Waals surface area (Å²) in [5.74, 6) is 1.34. The number of fused-ring (bicyclic) bond motifs is 1. The molecule has 0 spiro atoms. The summed E-state index contributed by atoms with van der Waals surface area (Å²) in [4.78, 5) is 19.6. The highest BCUT2D eigenvalue weighted by atomic mass is 19.1. The summed E-state index contributed by atoms with van der Waals surface area (Å²) in [6.45, 7) is 0.605. The molecule has 3 aliphatic rings. The first-order valence-corrected chi connectivity index (χ1v) is 10.2. The van der Waals surface area contributed by atoms with Gasteiger partial charge in [-0.15, -0.1) is 0 Å². The molecule has 3 nitrogen and oxygen atoms in total. The van der Waals surface area contributed by atoms with Crippen molar-refractivity contribution in [2.75, 3.05) is 0 Å². The monoisotopic (exact) mass is 356 g/mol. The molecule has 4 rings (SSSR count). The van der Waals surface area contributed by atoms with Crippen LogP contribution in [-0.2, 0) is 11.3 Å². The molecule has 0 aliphatic heterocycles. The summed E-state index contributed by atoms with van der Waals surface area (Å²) in [7, 11) is 0. The lowest BCUT2D eigenvalue weighted by Gasteiger charge is -2.34. The summed E-state index contributed by atoms with van der Waals surface area (Å²) < 4.78 is 13.9. The van der Waals surface area contributed by atoms with Gasteiger partial charge in [-0.05, 0) is 74.8 Å². The average molecular weight is 356 g/mol. The van der Waals surface area contributed by atoms with Crippen LogP contribution in [0.15, 0.2) is 36.7 Å². The number of aromatic nitrogens is 1. The first kappa shape index (κ1) is 17.7. The third-order valence-electron chi connectivity index (χ3n) is 6.57. The molecule has 1 aromatic rings. The second kappa shape index (κ2) is 7.89. The van der Waals surface area contributed by atoms with E-state index in [-0.39, 0.29) is 17.9 Å². The largest absolute Gasteiger partial charge is 0.335 e. The standard InChI is InChI=1S/C22H29FN2O/c23-20-9-3-8-19(11-20)22(26)25(15-16-5-4-10-24-14-16)21-12-17-6-1-2-7-18(17)13-21/h1,4-6,10,14,17-21H,2-3,7-9,11-13,15H2. The van der Waals surface area contributed by atoms with Crippen LogP contribution in [0.1, 0.15) is 56.9 Å². The van der Waals surface area contributed by atoms with E-state index in [1.165, 1.54) is 6.42 Å². The van der Waals surface area contributed by atoms with E-state index < -0.39 is 6.17 Å². The highest BCUT2D eigenvalue weighted by molar-refractivity contribution is 5.79. The molecule has 0 radical (unpaired) electrons. The molecule has 2 fully saturated rings. The Balaban J connectivity index is 1.53. The van der Waals surface area contributed by atoms with E-state index in [4.69, 9.17) is 0 Å². The van der Waals surface area contributed by atoms with Crippen LogP contribution in [0.4, 0.5) is 4.39 Å². The Hall–Kier alpha value is -1.71.